The van der Waals surface area contributed by atoms with Crippen LogP contribution in [-0.2, 0) is 19.2 Å². The zero-order valence-corrected chi connectivity index (χ0v) is 16.6. The topological polar surface area (TPSA) is 93.1 Å². The lowest BCUT2D eigenvalue weighted by atomic mass is 9.86. The summed E-state index contributed by atoms with van der Waals surface area (Å²) in [5.41, 5.74) is 1.47. The van der Waals surface area contributed by atoms with Crippen LogP contribution in [0.2, 0.25) is 0 Å². The van der Waals surface area contributed by atoms with E-state index in [1.165, 1.54) is 7.11 Å². The second-order valence-corrected chi connectivity index (χ2v) is 7.56. The van der Waals surface area contributed by atoms with Crippen LogP contribution in [0, 0.1) is 0 Å². The molecule has 8 nitrogen and oxygen atoms in total. The van der Waals surface area contributed by atoms with Crippen molar-refractivity contribution in [3.63, 3.8) is 0 Å². The van der Waals surface area contributed by atoms with Crippen molar-refractivity contribution in [2.75, 3.05) is 25.5 Å². The Kier molecular flexibility index (Phi) is 5.19. The first-order valence-electron chi connectivity index (χ1n) is 9.73. The molecule has 0 unspecified atom stereocenters. The van der Waals surface area contributed by atoms with Crippen LogP contribution in [0.5, 0.6) is 0 Å². The quantitative estimate of drug-likeness (QED) is 0.798. The van der Waals surface area contributed by atoms with E-state index in [0.29, 0.717) is 38.1 Å². The molecule has 2 aromatic rings. The van der Waals surface area contributed by atoms with Crippen molar-refractivity contribution in [3.8, 4) is 0 Å². The first-order valence-corrected chi connectivity index (χ1v) is 9.73. The van der Waals surface area contributed by atoms with Gasteiger partial charge in [0.25, 0.3) is 0 Å². The molecule has 4 rings (SSSR count). The smallest absolute Gasteiger partial charge is 0.355 e. The molecular weight excluding hydrogens is 372 g/mol. The van der Waals surface area contributed by atoms with Gasteiger partial charge < -0.3 is 14.9 Å². The number of nitrogens with one attached hydrogen (secondary N) is 1. The normalized spacial score (nSPS) is 19.4. The monoisotopic (exact) mass is 396 g/mol. The van der Waals surface area contributed by atoms with Crippen molar-refractivity contribution in [2.24, 2.45) is 5.16 Å². The SMILES string of the molecule is COC(=O)C1=NOC2(CCN([C@H](C)C(=O)Nc3cccc4ncccc34)CC2)C1. The van der Waals surface area contributed by atoms with Gasteiger partial charge in [0.05, 0.1) is 24.4 Å². The van der Waals surface area contributed by atoms with Crippen molar-refractivity contribution in [2.45, 2.75) is 37.8 Å². The molecule has 8 heteroatoms. The van der Waals surface area contributed by atoms with Crippen LogP contribution in [-0.4, -0.2) is 59.3 Å². The van der Waals surface area contributed by atoms with Crippen LogP contribution in [0.4, 0.5) is 5.69 Å². The van der Waals surface area contributed by atoms with Crippen LogP contribution in [0.15, 0.2) is 41.7 Å². The number of piperidine rings is 1. The van der Waals surface area contributed by atoms with E-state index in [4.69, 9.17) is 9.57 Å². The summed E-state index contributed by atoms with van der Waals surface area (Å²) in [4.78, 5) is 36.6. The number of benzene rings is 1. The van der Waals surface area contributed by atoms with Crippen LogP contribution in [0.25, 0.3) is 10.9 Å². The summed E-state index contributed by atoms with van der Waals surface area (Å²) in [5.74, 6) is -0.502. The van der Waals surface area contributed by atoms with Gasteiger partial charge in [-0.05, 0) is 31.2 Å². The van der Waals surface area contributed by atoms with Gasteiger partial charge in [0.15, 0.2) is 5.71 Å². The molecule has 1 atom stereocenters. The number of oxime groups is 1. The molecule has 29 heavy (non-hydrogen) atoms. The minimum Gasteiger partial charge on any atom is -0.464 e. The summed E-state index contributed by atoms with van der Waals surface area (Å²) in [6.45, 7) is 3.29. The Morgan fingerprint density at radius 3 is 2.79 bits per heavy atom. The highest BCUT2D eigenvalue weighted by Gasteiger charge is 2.45. The lowest BCUT2D eigenvalue weighted by Gasteiger charge is -2.39. The summed E-state index contributed by atoms with van der Waals surface area (Å²) in [6.07, 6.45) is 3.59. The lowest BCUT2D eigenvalue weighted by Crippen LogP contribution is -2.51. The van der Waals surface area contributed by atoms with Gasteiger partial charge >= 0.3 is 5.97 Å². The van der Waals surface area contributed by atoms with E-state index in [0.717, 1.165) is 16.6 Å². The van der Waals surface area contributed by atoms with Gasteiger partial charge in [-0.25, -0.2) is 4.79 Å². The van der Waals surface area contributed by atoms with Gasteiger partial charge in [0.1, 0.15) is 5.60 Å². The van der Waals surface area contributed by atoms with Crippen LogP contribution < -0.4 is 5.32 Å². The van der Waals surface area contributed by atoms with E-state index >= 15 is 0 Å². The molecule has 3 heterocycles. The number of nitrogens with zero attached hydrogens (tertiary/aromatic N) is 3. The van der Waals surface area contributed by atoms with Crippen molar-refractivity contribution >= 4 is 34.2 Å². The van der Waals surface area contributed by atoms with Crippen LogP contribution in [0.1, 0.15) is 26.2 Å². The standard InChI is InChI=1S/C21H24N4O4/c1-14(19(26)23-17-7-3-6-16-15(17)5-4-10-22-16)25-11-8-21(9-12-25)13-18(24-29-21)20(27)28-2/h3-7,10,14H,8-9,11-13H2,1-2H3,(H,23,26)/t14-/m1/s1. The Morgan fingerprint density at radius 2 is 2.03 bits per heavy atom. The number of aromatic nitrogens is 1. The van der Waals surface area contributed by atoms with Crippen molar-refractivity contribution < 1.29 is 19.2 Å². The third kappa shape index (κ3) is 3.80. The summed E-state index contributed by atoms with van der Waals surface area (Å²) in [5, 5.41) is 7.87. The summed E-state index contributed by atoms with van der Waals surface area (Å²) >= 11 is 0. The number of hydrogen-bond acceptors (Lipinski definition) is 7. The van der Waals surface area contributed by atoms with Gasteiger partial charge in [0.2, 0.25) is 5.91 Å². The zero-order chi connectivity index (χ0) is 20.4. The number of carbonyl (C=O) groups is 2. The van der Waals surface area contributed by atoms with E-state index in [2.05, 4.69) is 20.4 Å². The maximum absolute atomic E-state index is 12.9. The Bertz CT molecular complexity index is 961. The molecule has 1 amide bonds. The number of pyridine rings is 1. The van der Waals surface area contributed by atoms with E-state index in [1.54, 1.807) is 6.20 Å². The summed E-state index contributed by atoms with van der Waals surface area (Å²) in [7, 11) is 1.34. The van der Waals surface area contributed by atoms with Crippen molar-refractivity contribution in [1.82, 2.24) is 9.88 Å². The molecule has 152 valence electrons. The fraction of sp³-hybridized carbons (Fsp3) is 0.429. The number of fused-ring (bicyclic) bond motifs is 1. The molecule has 2 aliphatic rings. The fourth-order valence-electron chi connectivity index (χ4n) is 3.95. The number of rotatable bonds is 4. The predicted molar refractivity (Wildman–Crippen MR) is 109 cm³/mol. The summed E-state index contributed by atoms with van der Waals surface area (Å²) in [6, 6.07) is 9.21. The highest BCUT2D eigenvalue weighted by atomic mass is 16.7. The fourth-order valence-corrected chi connectivity index (χ4v) is 3.95. The highest BCUT2D eigenvalue weighted by Crippen LogP contribution is 2.35. The van der Waals surface area contributed by atoms with Gasteiger partial charge in [-0.15, -0.1) is 0 Å². The predicted octanol–water partition coefficient (Wildman–Crippen LogP) is 2.35. The van der Waals surface area contributed by atoms with E-state index < -0.39 is 11.6 Å². The molecule has 0 bridgehead atoms. The van der Waals surface area contributed by atoms with Gasteiger partial charge in [0, 0.05) is 43.9 Å². The molecule has 0 saturated carbocycles. The molecule has 1 fully saturated rings. The number of ether oxygens (including phenoxy) is 1. The molecule has 1 spiro atoms. The van der Waals surface area contributed by atoms with Crippen molar-refractivity contribution in [3.05, 3.63) is 36.5 Å². The minimum atomic E-state index is -0.461. The maximum Gasteiger partial charge on any atom is 0.355 e. The van der Waals surface area contributed by atoms with Crippen LogP contribution in [0.3, 0.4) is 0 Å². The van der Waals surface area contributed by atoms with Gasteiger partial charge in [-0.3, -0.25) is 14.7 Å². The second-order valence-electron chi connectivity index (χ2n) is 7.56. The Balaban J connectivity index is 1.37. The molecule has 1 saturated heterocycles. The summed E-state index contributed by atoms with van der Waals surface area (Å²) < 4.78 is 4.73. The van der Waals surface area contributed by atoms with Gasteiger partial charge in [-0.2, -0.15) is 0 Å². The van der Waals surface area contributed by atoms with E-state index in [1.807, 2.05) is 37.3 Å². The molecule has 0 radical (unpaired) electrons. The number of amides is 1. The zero-order valence-electron chi connectivity index (χ0n) is 16.6. The minimum absolute atomic E-state index is 0.0591. The Morgan fingerprint density at radius 1 is 1.24 bits per heavy atom. The van der Waals surface area contributed by atoms with Gasteiger partial charge in [-0.1, -0.05) is 11.2 Å². The average Bonchev–Trinajstić information content (AvgIpc) is 3.17. The number of carbonyl (C=O) groups excluding carboxylic acids is 2. The number of esters is 1. The molecule has 2 aliphatic heterocycles. The average molecular weight is 396 g/mol. The number of methoxy groups -OCH3 is 1. The first kappa shape index (κ1) is 19.3. The number of likely N-dealkylation sites (tertiary alicyclic amines) is 1. The number of anilines is 1. The largest absolute Gasteiger partial charge is 0.464 e. The third-order valence-corrected chi connectivity index (χ3v) is 5.80. The Labute approximate surface area is 168 Å². The third-order valence-electron chi connectivity index (χ3n) is 5.80. The molecule has 1 aromatic carbocycles. The lowest BCUT2D eigenvalue weighted by molar-refractivity contribution is -0.132. The molecular formula is C21H24N4O4. The molecule has 0 aliphatic carbocycles. The first-order chi connectivity index (χ1) is 14.0. The van der Waals surface area contributed by atoms with E-state index in [-0.39, 0.29) is 11.9 Å². The highest BCUT2D eigenvalue weighted by molar-refractivity contribution is 6.36. The molecule has 1 N–H and O–H groups in total. The van der Waals surface area contributed by atoms with E-state index in [9.17, 15) is 9.59 Å². The number of hydrogen-bond donors (Lipinski definition) is 1. The second kappa shape index (κ2) is 7.79. The van der Waals surface area contributed by atoms with Crippen LogP contribution >= 0.6 is 0 Å². The maximum atomic E-state index is 12.9. The Hall–Kier alpha value is -3.00. The molecule has 1 aromatic heterocycles. The van der Waals surface area contributed by atoms with Crippen molar-refractivity contribution in [1.29, 1.82) is 0 Å².